The van der Waals surface area contributed by atoms with Crippen molar-refractivity contribution >= 4 is 0 Å². The van der Waals surface area contributed by atoms with Gasteiger partial charge >= 0.3 is 0 Å². The van der Waals surface area contributed by atoms with Crippen LogP contribution in [0.15, 0.2) is 85.6 Å². The van der Waals surface area contributed by atoms with E-state index in [-0.39, 0.29) is 0 Å². The molecule has 96 valence electrons. The Hall–Kier alpha value is -2.28. The standard InChI is InChI=1S/C18H19N/c1-2-3-14-19(15-17-10-6-4-7-11-17)16-18-12-8-5-9-13-18/h2-14H,1,15-16H2. The molecule has 0 atom stereocenters. The molecule has 1 heteroatoms. The van der Waals surface area contributed by atoms with E-state index in [0.717, 1.165) is 13.1 Å². The van der Waals surface area contributed by atoms with Crippen molar-refractivity contribution in [1.29, 1.82) is 0 Å². The molecule has 0 radical (unpaired) electrons. The molecule has 1 nitrogen and oxygen atoms in total. The van der Waals surface area contributed by atoms with Gasteiger partial charge in [-0.15, -0.1) is 0 Å². The summed E-state index contributed by atoms with van der Waals surface area (Å²) in [6, 6.07) is 21.0. The Morgan fingerprint density at radius 1 is 0.789 bits per heavy atom. The molecule has 0 bridgehead atoms. The maximum absolute atomic E-state index is 3.73. The van der Waals surface area contributed by atoms with Crippen molar-refractivity contribution < 1.29 is 0 Å². The van der Waals surface area contributed by atoms with E-state index in [4.69, 9.17) is 0 Å². The number of rotatable bonds is 6. The van der Waals surface area contributed by atoms with Gasteiger partial charge in [0.25, 0.3) is 0 Å². The molecule has 2 rings (SSSR count). The molecule has 0 amide bonds. The number of hydrogen-bond donors (Lipinski definition) is 0. The molecule has 0 heterocycles. The summed E-state index contributed by atoms with van der Waals surface area (Å²) in [5, 5.41) is 0. The van der Waals surface area contributed by atoms with Gasteiger partial charge in [0.15, 0.2) is 0 Å². The van der Waals surface area contributed by atoms with Crippen LogP contribution in [0.2, 0.25) is 0 Å². The summed E-state index contributed by atoms with van der Waals surface area (Å²) in [6.45, 7) is 5.54. The van der Waals surface area contributed by atoms with E-state index in [1.807, 2.05) is 24.3 Å². The largest absolute Gasteiger partial charge is 0.369 e. The van der Waals surface area contributed by atoms with Gasteiger partial charge in [0.05, 0.1) is 0 Å². The summed E-state index contributed by atoms with van der Waals surface area (Å²) >= 11 is 0. The van der Waals surface area contributed by atoms with E-state index in [2.05, 4.69) is 66.2 Å². The lowest BCUT2D eigenvalue weighted by Crippen LogP contribution is -2.16. The second kappa shape index (κ2) is 7.22. The summed E-state index contributed by atoms with van der Waals surface area (Å²) in [4.78, 5) is 2.28. The average Bonchev–Trinajstić information content (AvgIpc) is 2.47. The molecule has 19 heavy (non-hydrogen) atoms. The van der Waals surface area contributed by atoms with Crippen molar-refractivity contribution in [2.24, 2.45) is 0 Å². The molecule has 0 aromatic heterocycles. The quantitative estimate of drug-likeness (QED) is 0.686. The smallest absolute Gasteiger partial charge is 0.0427 e. The summed E-state index contributed by atoms with van der Waals surface area (Å²) < 4.78 is 0. The molecule has 0 aliphatic rings. The summed E-state index contributed by atoms with van der Waals surface area (Å²) in [7, 11) is 0. The molecule has 0 unspecified atom stereocenters. The van der Waals surface area contributed by atoms with Gasteiger partial charge in [-0.05, 0) is 23.4 Å². The SMILES string of the molecule is C=CC=CN(Cc1ccccc1)Cc1ccccc1. The molecular weight excluding hydrogens is 230 g/mol. The first-order valence-electron chi connectivity index (χ1n) is 6.49. The van der Waals surface area contributed by atoms with Crippen LogP contribution in [0.4, 0.5) is 0 Å². The molecule has 0 aliphatic carbocycles. The second-order valence-electron chi connectivity index (χ2n) is 4.45. The fraction of sp³-hybridized carbons (Fsp3) is 0.111. The predicted octanol–water partition coefficient (Wildman–Crippen LogP) is 4.39. The zero-order chi connectivity index (χ0) is 13.3. The number of hydrogen-bond acceptors (Lipinski definition) is 1. The Morgan fingerprint density at radius 2 is 1.26 bits per heavy atom. The van der Waals surface area contributed by atoms with Gasteiger partial charge in [-0.3, -0.25) is 0 Å². The molecule has 0 N–H and O–H groups in total. The monoisotopic (exact) mass is 249 g/mol. The highest BCUT2D eigenvalue weighted by molar-refractivity contribution is 5.18. The highest BCUT2D eigenvalue weighted by atomic mass is 15.1. The highest BCUT2D eigenvalue weighted by Crippen LogP contribution is 2.10. The molecule has 0 spiro atoms. The number of nitrogens with zero attached hydrogens (tertiary/aromatic N) is 1. The van der Waals surface area contributed by atoms with Crippen molar-refractivity contribution in [2.45, 2.75) is 13.1 Å². The molecule has 0 saturated heterocycles. The molecule has 0 aliphatic heterocycles. The van der Waals surface area contributed by atoms with Crippen molar-refractivity contribution in [3.8, 4) is 0 Å². The van der Waals surface area contributed by atoms with Gasteiger partial charge in [-0.25, -0.2) is 0 Å². The summed E-state index contributed by atoms with van der Waals surface area (Å²) in [6.07, 6.45) is 5.88. The van der Waals surface area contributed by atoms with Crippen molar-refractivity contribution in [3.63, 3.8) is 0 Å². The number of allylic oxidation sites excluding steroid dienone is 2. The van der Waals surface area contributed by atoms with Crippen molar-refractivity contribution in [2.75, 3.05) is 0 Å². The lowest BCUT2D eigenvalue weighted by molar-refractivity contribution is 0.362. The third-order valence-corrected chi connectivity index (χ3v) is 2.89. The normalized spacial score (nSPS) is 10.5. The van der Waals surface area contributed by atoms with E-state index in [1.165, 1.54) is 11.1 Å². The van der Waals surface area contributed by atoms with Crippen molar-refractivity contribution in [3.05, 3.63) is 96.7 Å². The molecule has 0 fully saturated rings. The minimum Gasteiger partial charge on any atom is -0.369 e. The van der Waals surface area contributed by atoms with Gasteiger partial charge in [0.2, 0.25) is 0 Å². The van der Waals surface area contributed by atoms with Gasteiger partial charge in [-0.1, -0.05) is 73.3 Å². The van der Waals surface area contributed by atoms with Gasteiger partial charge in [-0.2, -0.15) is 0 Å². The Bertz CT molecular complexity index is 472. The van der Waals surface area contributed by atoms with Crippen molar-refractivity contribution in [1.82, 2.24) is 4.90 Å². The first-order chi connectivity index (χ1) is 9.38. The summed E-state index contributed by atoms with van der Waals surface area (Å²) in [5.74, 6) is 0. The molecular formula is C18H19N. The first-order valence-corrected chi connectivity index (χ1v) is 6.49. The predicted molar refractivity (Wildman–Crippen MR) is 81.5 cm³/mol. The first kappa shape index (κ1) is 13.2. The van der Waals surface area contributed by atoms with Gasteiger partial charge < -0.3 is 4.90 Å². The molecule has 2 aromatic carbocycles. The van der Waals surface area contributed by atoms with Crippen LogP contribution >= 0.6 is 0 Å². The minimum atomic E-state index is 0.903. The van der Waals surface area contributed by atoms with Crippen LogP contribution in [-0.2, 0) is 13.1 Å². The third kappa shape index (κ3) is 4.47. The van der Waals surface area contributed by atoms with Crippen LogP contribution < -0.4 is 0 Å². The second-order valence-corrected chi connectivity index (χ2v) is 4.45. The zero-order valence-electron chi connectivity index (χ0n) is 11.1. The van der Waals surface area contributed by atoms with Crippen LogP contribution in [0.25, 0.3) is 0 Å². The highest BCUT2D eigenvalue weighted by Gasteiger charge is 2.01. The van der Waals surface area contributed by atoms with E-state index in [1.54, 1.807) is 0 Å². The topological polar surface area (TPSA) is 3.24 Å². The van der Waals surface area contributed by atoms with E-state index in [9.17, 15) is 0 Å². The van der Waals surface area contributed by atoms with Crippen LogP contribution in [0, 0.1) is 0 Å². The zero-order valence-corrected chi connectivity index (χ0v) is 11.1. The van der Waals surface area contributed by atoms with Crippen LogP contribution in [0.1, 0.15) is 11.1 Å². The van der Waals surface area contributed by atoms with E-state index >= 15 is 0 Å². The van der Waals surface area contributed by atoms with Gasteiger partial charge in [0.1, 0.15) is 0 Å². The Balaban J connectivity index is 2.08. The maximum atomic E-state index is 3.73. The number of benzene rings is 2. The fourth-order valence-electron chi connectivity index (χ4n) is 1.98. The Morgan fingerprint density at radius 3 is 1.68 bits per heavy atom. The average molecular weight is 249 g/mol. The van der Waals surface area contributed by atoms with E-state index < -0.39 is 0 Å². The van der Waals surface area contributed by atoms with Gasteiger partial charge in [0, 0.05) is 13.1 Å². The fourth-order valence-corrected chi connectivity index (χ4v) is 1.98. The Kier molecular flexibility index (Phi) is 5.00. The minimum absolute atomic E-state index is 0.903. The van der Waals surface area contributed by atoms with Crippen LogP contribution in [-0.4, -0.2) is 4.90 Å². The summed E-state index contributed by atoms with van der Waals surface area (Å²) in [5.41, 5.74) is 2.62. The molecule has 2 aromatic rings. The van der Waals surface area contributed by atoms with E-state index in [0.29, 0.717) is 0 Å². The van der Waals surface area contributed by atoms with Crippen LogP contribution in [0.3, 0.4) is 0 Å². The maximum Gasteiger partial charge on any atom is 0.0427 e. The lowest BCUT2D eigenvalue weighted by atomic mass is 10.2. The Labute approximate surface area is 115 Å². The van der Waals surface area contributed by atoms with Crippen LogP contribution in [0.5, 0.6) is 0 Å². The lowest BCUT2D eigenvalue weighted by Gasteiger charge is -2.20. The molecule has 0 saturated carbocycles. The third-order valence-electron chi connectivity index (χ3n) is 2.89.